The fourth-order valence-corrected chi connectivity index (χ4v) is 1.11. The number of hydrogen-bond acceptors (Lipinski definition) is 0. The van der Waals surface area contributed by atoms with Gasteiger partial charge in [0.2, 0.25) is 0 Å². The largest absolute Gasteiger partial charge is 0.246 e. The molecule has 0 aliphatic rings. The molecule has 7 heavy (non-hydrogen) atoms. The Bertz CT molecular complexity index is 27.3. The third-order valence-electron chi connectivity index (χ3n) is 0.802. The Morgan fingerprint density at radius 2 is 2.29 bits per heavy atom. The van der Waals surface area contributed by atoms with Gasteiger partial charge in [0, 0.05) is 0 Å². The standard InChI is InChI=1S/C5H12FP/c1-2-3-4-7-5-6/h7H,2-5H2,1H3. The number of unbranched alkanes of at least 4 members (excludes halogenated alkanes) is 1. The summed E-state index contributed by atoms with van der Waals surface area (Å²) < 4.78 is 11.3. The minimum absolute atomic E-state index is 0.111. The molecule has 0 aromatic heterocycles. The second kappa shape index (κ2) is 6.36. The molecule has 0 bridgehead atoms. The van der Waals surface area contributed by atoms with Crippen LogP contribution in [0.1, 0.15) is 19.8 Å². The highest BCUT2D eigenvalue weighted by Gasteiger charge is 1.81. The lowest BCUT2D eigenvalue weighted by Crippen LogP contribution is -1.72. The number of hydrogen-bond donors (Lipinski definition) is 0. The van der Waals surface area contributed by atoms with Gasteiger partial charge < -0.3 is 0 Å². The summed E-state index contributed by atoms with van der Waals surface area (Å²) in [5.74, 6) is 0. The Hall–Kier alpha value is 0.360. The Kier molecular flexibility index (Phi) is 6.69. The second-order valence-corrected chi connectivity index (χ2v) is 2.75. The predicted molar refractivity (Wildman–Crippen MR) is 34.1 cm³/mol. The van der Waals surface area contributed by atoms with Crippen LogP contribution in [0.3, 0.4) is 0 Å². The van der Waals surface area contributed by atoms with E-state index < -0.39 is 0 Å². The minimum atomic E-state index is -0.111. The van der Waals surface area contributed by atoms with E-state index in [0.717, 1.165) is 6.16 Å². The van der Waals surface area contributed by atoms with Crippen molar-refractivity contribution in [2.75, 3.05) is 12.6 Å². The Morgan fingerprint density at radius 1 is 1.57 bits per heavy atom. The molecule has 0 aromatic rings. The van der Waals surface area contributed by atoms with Crippen molar-refractivity contribution in [2.24, 2.45) is 0 Å². The maximum atomic E-state index is 11.3. The van der Waals surface area contributed by atoms with E-state index in [0.29, 0.717) is 8.58 Å². The Labute approximate surface area is 46.3 Å². The monoisotopic (exact) mass is 122 g/mol. The Morgan fingerprint density at radius 3 is 2.71 bits per heavy atom. The summed E-state index contributed by atoms with van der Waals surface area (Å²) in [7, 11) is 0.555. The van der Waals surface area contributed by atoms with E-state index in [1.807, 2.05) is 0 Å². The number of rotatable bonds is 4. The first kappa shape index (κ1) is 7.36. The van der Waals surface area contributed by atoms with E-state index in [1.165, 1.54) is 12.8 Å². The third-order valence-corrected chi connectivity index (χ3v) is 1.70. The molecule has 1 atom stereocenters. The Balaban J connectivity index is 2.45. The van der Waals surface area contributed by atoms with Crippen molar-refractivity contribution in [3.8, 4) is 0 Å². The zero-order chi connectivity index (χ0) is 5.54. The van der Waals surface area contributed by atoms with Gasteiger partial charge in [0.25, 0.3) is 0 Å². The van der Waals surface area contributed by atoms with Gasteiger partial charge in [-0.1, -0.05) is 21.9 Å². The highest BCUT2D eigenvalue weighted by atomic mass is 31.1. The average molecular weight is 122 g/mol. The van der Waals surface area contributed by atoms with Gasteiger partial charge in [-0.2, -0.15) is 0 Å². The molecular formula is C5H12FP. The van der Waals surface area contributed by atoms with Crippen molar-refractivity contribution < 1.29 is 4.39 Å². The minimum Gasteiger partial charge on any atom is -0.246 e. The molecule has 0 radical (unpaired) electrons. The summed E-state index contributed by atoms with van der Waals surface area (Å²) >= 11 is 0. The van der Waals surface area contributed by atoms with Crippen LogP contribution in [0.5, 0.6) is 0 Å². The summed E-state index contributed by atoms with van der Waals surface area (Å²) in [6, 6.07) is 0. The summed E-state index contributed by atoms with van der Waals surface area (Å²) in [4.78, 5) is 0. The third kappa shape index (κ3) is 6.36. The molecule has 0 aromatic carbocycles. The van der Waals surface area contributed by atoms with Gasteiger partial charge in [0.15, 0.2) is 0 Å². The lowest BCUT2D eigenvalue weighted by molar-refractivity contribution is 0.601. The van der Waals surface area contributed by atoms with E-state index >= 15 is 0 Å². The van der Waals surface area contributed by atoms with Crippen LogP contribution in [-0.2, 0) is 0 Å². The lowest BCUT2D eigenvalue weighted by atomic mass is 10.4. The first-order valence-corrected chi connectivity index (χ1v) is 4.10. The van der Waals surface area contributed by atoms with Crippen molar-refractivity contribution >= 4 is 8.58 Å². The summed E-state index contributed by atoms with van der Waals surface area (Å²) in [6.07, 6.45) is 3.38. The average Bonchev–Trinajstić information content (AvgIpc) is 1.69. The summed E-state index contributed by atoms with van der Waals surface area (Å²) in [6.45, 7) is 2.13. The first-order chi connectivity index (χ1) is 3.41. The second-order valence-electron chi connectivity index (χ2n) is 1.49. The van der Waals surface area contributed by atoms with Gasteiger partial charge in [-0.05, 0) is 12.6 Å². The first-order valence-electron chi connectivity index (χ1n) is 2.68. The zero-order valence-electron chi connectivity index (χ0n) is 4.71. The van der Waals surface area contributed by atoms with Crippen LogP contribution >= 0.6 is 8.58 Å². The molecule has 0 heterocycles. The van der Waals surface area contributed by atoms with Gasteiger partial charge in [-0.15, -0.1) is 0 Å². The molecule has 0 rings (SSSR count). The van der Waals surface area contributed by atoms with Crippen LogP contribution in [-0.4, -0.2) is 12.6 Å². The van der Waals surface area contributed by atoms with Crippen molar-refractivity contribution in [3.05, 3.63) is 0 Å². The topological polar surface area (TPSA) is 0 Å². The molecule has 0 spiro atoms. The summed E-state index contributed by atoms with van der Waals surface area (Å²) in [5.41, 5.74) is 0. The van der Waals surface area contributed by atoms with E-state index in [4.69, 9.17) is 0 Å². The van der Waals surface area contributed by atoms with Gasteiger partial charge in [0.05, 0.1) is 0 Å². The smallest absolute Gasteiger partial charge is 0.106 e. The zero-order valence-corrected chi connectivity index (χ0v) is 5.71. The predicted octanol–water partition coefficient (Wildman–Crippen LogP) is 2.39. The molecule has 0 saturated heterocycles. The van der Waals surface area contributed by atoms with Gasteiger partial charge in [0.1, 0.15) is 6.42 Å². The van der Waals surface area contributed by atoms with Crippen LogP contribution in [0.15, 0.2) is 0 Å². The van der Waals surface area contributed by atoms with Crippen molar-refractivity contribution in [3.63, 3.8) is 0 Å². The lowest BCUT2D eigenvalue weighted by Gasteiger charge is -1.89. The molecule has 0 aliphatic carbocycles. The highest BCUT2D eigenvalue weighted by Crippen LogP contribution is 2.11. The van der Waals surface area contributed by atoms with Crippen molar-refractivity contribution in [2.45, 2.75) is 19.8 Å². The maximum Gasteiger partial charge on any atom is 0.106 e. The molecule has 44 valence electrons. The van der Waals surface area contributed by atoms with Crippen LogP contribution in [0.25, 0.3) is 0 Å². The van der Waals surface area contributed by atoms with Crippen molar-refractivity contribution in [1.82, 2.24) is 0 Å². The molecule has 2 heteroatoms. The normalized spacial score (nSPS) is 11.1. The van der Waals surface area contributed by atoms with E-state index in [2.05, 4.69) is 6.92 Å². The molecule has 0 nitrogen and oxygen atoms in total. The molecule has 0 fully saturated rings. The highest BCUT2D eigenvalue weighted by molar-refractivity contribution is 7.37. The van der Waals surface area contributed by atoms with E-state index in [9.17, 15) is 4.39 Å². The SMILES string of the molecule is CCCCPCF. The maximum absolute atomic E-state index is 11.3. The van der Waals surface area contributed by atoms with E-state index in [-0.39, 0.29) is 6.42 Å². The van der Waals surface area contributed by atoms with Crippen LogP contribution in [0.2, 0.25) is 0 Å². The fraction of sp³-hybridized carbons (Fsp3) is 1.00. The molecular weight excluding hydrogens is 110 g/mol. The number of alkyl halides is 1. The van der Waals surface area contributed by atoms with E-state index in [1.54, 1.807) is 0 Å². The number of halogens is 1. The van der Waals surface area contributed by atoms with Crippen LogP contribution in [0, 0.1) is 0 Å². The molecule has 0 aliphatic heterocycles. The van der Waals surface area contributed by atoms with Crippen LogP contribution < -0.4 is 0 Å². The quantitative estimate of drug-likeness (QED) is 0.396. The van der Waals surface area contributed by atoms with Gasteiger partial charge >= 0.3 is 0 Å². The molecule has 0 N–H and O–H groups in total. The molecule has 0 amide bonds. The molecule has 1 unspecified atom stereocenters. The van der Waals surface area contributed by atoms with Crippen molar-refractivity contribution in [1.29, 1.82) is 0 Å². The fourth-order valence-electron chi connectivity index (χ4n) is 0.369. The van der Waals surface area contributed by atoms with Gasteiger partial charge in [-0.25, -0.2) is 4.39 Å². The summed E-state index contributed by atoms with van der Waals surface area (Å²) in [5, 5.41) is 0. The molecule has 0 saturated carbocycles. The van der Waals surface area contributed by atoms with Gasteiger partial charge in [-0.3, -0.25) is 0 Å². The van der Waals surface area contributed by atoms with Crippen LogP contribution in [0.4, 0.5) is 4.39 Å².